The van der Waals surface area contributed by atoms with E-state index in [1.54, 1.807) is 24.3 Å². The Hall–Kier alpha value is -4.21. The molecular formula is C36H41N3O6. The number of amides is 3. The smallest absolute Gasteiger partial charge is 0.250 e. The highest BCUT2D eigenvalue weighted by atomic mass is 16.5. The second-order valence-corrected chi connectivity index (χ2v) is 12.4. The minimum Gasteiger partial charge on any atom is -0.494 e. The van der Waals surface area contributed by atoms with Crippen LogP contribution >= 0.6 is 0 Å². The maximum absolute atomic E-state index is 14.7. The lowest BCUT2D eigenvalue weighted by molar-refractivity contribution is -0.148. The van der Waals surface area contributed by atoms with Crippen LogP contribution in [0.3, 0.4) is 0 Å². The van der Waals surface area contributed by atoms with Crippen LogP contribution in [-0.4, -0.2) is 58.2 Å². The van der Waals surface area contributed by atoms with Crippen LogP contribution in [0.4, 0.5) is 11.4 Å². The zero-order valence-corrected chi connectivity index (χ0v) is 26.2. The highest BCUT2D eigenvalue weighted by molar-refractivity contribution is 6.06. The van der Waals surface area contributed by atoms with Crippen molar-refractivity contribution >= 4 is 29.1 Å². The number of carbonyl (C=O) groups is 3. The first-order valence-corrected chi connectivity index (χ1v) is 15.8. The number of benzene rings is 3. The minimum absolute atomic E-state index is 0.322. The monoisotopic (exact) mass is 611 g/mol. The molecule has 3 amide bonds. The second kappa shape index (κ2) is 11.9. The summed E-state index contributed by atoms with van der Waals surface area (Å²) in [7, 11) is 0. The van der Waals surface area contributed by atoms with Gasteiger partial charge in [-0.2, -0.15) is 0 Å². The van der Waals surface area contributed by atoms with E-state index in [4.69, 9.17) is 9.47 Å². The minimum atomic E-state index is -1.24. The molecule has 3 aromatic rings. The first-order chi connectivity index (χ1) is 21.7. The summed E-state index contributed by atoms with van der Waals surface area (Å²) in [5.41, 5.74) is 1.60. The molecule has 9 heteroatoms. The number of rotatable bonds is 10. The van der Waals surface area contributed by atoms with Gasteiger partial charge in [-0.15, -0.1) is 0 Å². The molecule has 236 valence electrons. The summed E-state index contributed by atoms with van der Waals surface area (Å²) in [5.74, 6) is -2.11. The van der Waals surface area contributed by atoms with Crippen molar-refractivity contribution in [1.82, 2.24) is 4.90 Å². The number of hydrogen-bond donors (Lipinski definition) is 3. The Morgan fingerprint density at radius 2 is 1.64 bits per heavy atom. The van der Waals surface area contributed by atoms with E-state index in [0.29, 0.717) is 48.6 Å². The fourth-order valence-electron chi connectivity index (χ4n) is 7.94. The van der Waals surface area contributed by atoms with E-state index < -0.39 is 47.6 Å². The molecule has 0 aliphatic carbocycles. The highest BCUT2D eigenvalue weighted by Gasteiger charge is 2.79. The molecule has 3 aliphatic heterocycles. The quantitative estimate of drug-likeness (QED) is 0.291. The maximum atomic E-state index is 14.7. The molecule has 3 N–H and O–H groups in total. The molecule has 3 saturated heterocycles. The molecule has 0 radical (unpaired) electrons. The van der Waals surface area contributed by atoms with Gasteiger partial charge < -0.3 is 30.1 Å². The Morgan fingerprint density at radius 3 is 2.27 bits per heavy atom. The molecule has 1 spiro atoms. The van der Waals surface area contributed by atoms with Gasteiger partial charge in [0.2, 0.25) is 17.7 Å². The summed E-state index contributed by atoms with van der Waals surface area (Å²) in [6.45, 7) is 7.85. The topological polar surface area (TPSA) is 117 Å². The summed E-state index contributed by atoms with van der Waals surface area (Å²) in [5, 5.41) is 16.9. The van der Waals surface area contributed by atoms with Crippen LogP contribution < -0.4 is 15.4 Å². The first kappa shape index (κ1) is 30.8. The lowest BCUT2D eigenvalue weighted by atomic mass is 9.65. The SMILES string of the molecule is CCOc1ccc(NC(=O)[C@@H]2[C@H]3C(=O)N([C@H](CO)c4ccccc4)C(C(=O)Nc4c(C)cccc4C)C34CC[C@@]2(CC)O4)cc1. The lowest BCUT2D eigenvalue weighted by Crippen LogP contribution is -2.54. The molecule has 3 aromatic carbocycles. The van der Waals surface area contributed by atoms with E-state index in [0.717, 1.165) is 11.1 Å². The van der Waals surface area contributed by atoms with E-state index >= 15 is 0 Å². The summed E-state index contributed by atoms with van der Waals surface area (Å²) >= 11 is 0. The van der Waals surface area contributed by atoms with Gasteiger partial charge in [-0.05, 0) is 81.0 Å². The predicted molar refractivity (Wildman–Crippen MR) is 171 cm³/mol. The van der Waals surface area contributed by atoms with Crippen molar-refractivity contribution in [2.24, 2.45) is 11.8 Å². The van der Waals surface area contributed by atoms with Gasteiger partial charge in [0.1, 0.15) is 17.4 Å². The van der Waals surface area contributed by atoms with Gasteiger partial charge >= 0.3 is 0 Å². The van der Waals surface area contributed by atoms with Crippen molar-refractivity contribution < 1.29 is 29.0 Å². The lowest BCUT2D eigenvalue weighted by Gasteiger charge is -2.37. The van der Waals surface area contributed by atoms with Crippen LogP contribution in [0.1, 0.15) is 55.8 Å². The van der Waals surface area contributed by atoms with Gasteiger partial charge in [0.15, 0.2) is 0 Å². The third-order valence-corrected chi connectivity index (χ3v) is 10.0. The average Bonchev–Trinajstić information content (AvgIpc) is 3.65. The van der Waals surface area contributed by atoms with Crippen molar-refractivity contribution in [2.45, 2.75) is 70.2 Å². The van der Waals surface area contributed by atoms with Crippen molar-refractivity contribution in [1.29, 1.82) is 0 Å². The number of aliphatic hydroxyl groups is 1. The van der Waals surface area contributed by atoms with Crippen LogP contribution in [0.25, 0.3) is 0 Å². The number of nitrogens with one attached hydrogen (secondary N) is 2. The first-order valence-electron chi connectivity index (χ1n) is 15.8. The molecule has 2 unspecified atom stereocenters. The largest absolute Gasteiger partial charge is 0.494 e. The van der Waals surface area contributed by atoms with Crippen LogP contribution in [0.5, 0.6) is 5.75 Å². The Labute approximate surface area is 263 Å². The fourth-order valence-corrected chi connectivity index (χ4v) is 7.94. The molecule has 3 fully saturated rings. The number of aliphatic hydroxyl groups excluding tert-OH is 1. The molecule has 3 heterocycles. The number of likely N-dealkylation sites (tertiary alicyclic amines) is 1. The van der Waals surface area contributed by atoms with Gasteiger partial charge in [0.25, 0.3) is 0 Å². The van der Waals surface area contributed by atoms with Gasteiger partial charge in [0, 0.05) is 11.4 Å². The van der Waals surface area contributed by atoms with E-state index in [1.807, 2.05) is 76.2 Å². The van der Waals surface area contributed by atoms with E-state index in [-0.39, 0.29) is 11.8 Å². The number of para-hydroxylation sites is 1. The van der Waals surface area contributed by atoms with Crippen LogP contribution in [0.2, 0.25) is 0 Å². The van der Waals surface area contributed by atoms with Gasteiger partial charge in [-0.3, -0.25) is 14.4 Å². The number of anilines is 2. The normalized spacial score (nSPS) is 27.3. The molecular weight excluding hydrogens is 570 g/mol. The summed E-state index contributed by atoms with van der Waals surface area (Å²) in [6.07, 6.45) is 1.48. The third kappa shape index (κ3) is 4.98. The standard InChI is InChI=1S/C36H41N3O6/c1-5-35-19-20-36(45-35)29(28(35)32(41)37-25-15-17-26(18-16-25)44-6-2)34(43)39(27(21-40)24-13-8-7-9-14-24)31(36)33(42)38-30-22(3)11-10-12-23(30)4/h7-18,27-29,31,40H,5-6,19-21H2,1-4H3,(H,37,41)(H,38,42)/t27-,28+,29+,31?,35-,36?/m1/s1. The molecule has 45 heavy (non-hydrogen) atoms. The number of aryl methyl sites for hydroxylation is 2. The Kier molecular flexibility index (Phi) is 8.18. The average molecular weight is 612 g/mol. The van der Waals surface area contributed by atoms with E-state index in [1.165, 1.54) is 4.90 Å². The van der Waals surface area contributed by atoms with E-state index in [9.17, 15) is 19.5 Å². The third-order valence-electron chi connectivity index (χ3n) is 10.0. The number of ether oxygens (including phenoxy) is 2. The Bertz CT molecular complexity index is 1570. The number of hydrogen-bond acceptors (Lipinski definition) is 6. The van der Waals surface area contributed by atoms with Gasteiger partial charge in [-0.25, -0.2) is 0 Å². The molecule has 0 aromatic heterocycles. The highest BCUT2D eigenvalue weighted by Crippen LogP contribution is 2.65. The second-order valence-electron chi connectivity index (χ2n) is 12.4. The van der Waals surface area contributed by atoms with Crippen LogP contribution in [-0.2, 0) is 19.1 Å². The maximum Gasteiger partial charge on any atom is 0.250 e. The molecule has 0 saturated carbocycles. The van der Waals surface area contributed by atoms with Crippen molar-refractivity contribution in [3.63, 3.8) is 0 Å². The zero-order chi connectivity index (χ0) is 31.9. The zero-order valence-electron chi connectivity index (χ0n) is 26.2. The summed E-state index contributed by atoms with van der Waals surface area (Å²) < 4.78 is 12.5. The molecule has 3 aliphatic rings. The number of nitrogens with zero attached hydrogens (tertiary/aromatic N) is 1. The molecule has 9 nitrogen and oxygen atoms in total. The molecule has 6 rings (SSSR count). The number of carbonyl (C=O) groups excluding carboxylic acids is 3. The van der Waals surface area contributed by atoms with Crippen molar-refractivity contribution in [3.8, 4) is 5.75 Å². The van der Waals surface area contributed by atoms with Gasteiger partial charge in [0.05, 0.1) is 36.7 Å². The predicted octanol–water partition coefficient (Wildman–Crippen LogP) is 5.17. The van der Waals surface area contributed by atoms with Crippen molar-refractivity contribution in [2.75, 3.05) is 23.8 Å². The molecule has 2 bridgehead atoms. The summed E-state index contributed by atoms with van der Waals surface area (Å²) in [4.78, 5) is 45.0. The Balaban J connectivity index is 1.42. The summed E-state index contributed by atoms with van der Waals surface area (Å²) in [6, 6.07) is 20.2. The van der Waals surface area contributed by atoms with Crippen LogP contribution in [0.15, 0.2) is 72.8 Å². The van der Waals surface area contributed by atoms with Crippen molar-refractivity contribution in [3.05, 3.63) is 89.5 Å². The Morgan fingerprint density at radius 1 is 0.956 bits per heavy atom. The van der Waals surface area contributed by atoms with E-state index in [2.05, 4.69) is 10.6 Å². The fraction of sp³-hybridized carbons (Fsp3) is 0.417. The van der Waals surface area contributed by atoms with Crippen LogP contribution in [0, 0.1) is 25.7 Å². The van der Waals surface area contributed by atoms with Gasteiger partial charge in [-0.1, -0.05) is 55.5 Å². The molecule has 6 atom stereocenters. The number of fused-ring (bicyclic) bond motifs is 1.